The van der Waals surface area contributed by atoms with Gasteiger partial charge in [0.05, 0.1) is 24.6 Å². The van der Waals surface area contributed by atoms with E-state index in [4.69, 9.17) is 9.47 Å². The van der Waals surface area contributed by atoms with E-state index in [9.17, 15) is 18.7 Å². The largest absolute Gasteiger partial charge is 0.496 e. The van der Waals surface area contributed by atoms with Crippen molar-refractivity contribution in [2.24, 2.45) is 5.92 Å². The fraction of sp³-hybridized carbons (Fsp3) is 0.391. The minimum atomic E-state index is -3.08. The van der Waals surface area contributed by atoms with Gasteiger partial charge in [-0.25, -0.2) is 4.98 Å². The molecule has 0 spiro atoms. The molecule has 1 aromatic carbocycles. The molecule has 0 aliphatic heterocycles. The second kappa shape index (κ2) is 7.92. The van der Waals surface area contributed by atoms with Gasteiger partial charge in [0, 0.05) is 18.2 Å². The molecule has 0 amide bonds. The molecular formula is C23H24F2N2O4. The number of ketones is 1. The molecule has 1 saturated carbocycles. The highest BCUT2D eigenvalue weighted by atomic mass is 19.3. The third-order valence-electron chi connectivity index (χ3n) is 5.47. The third-order valence-corrected chi connectivity index (χ3v) is 5.47. The lowest BCUT2D eigenvalue weighted by molar-refractivity contribution is -0.0502. The molecule has 0 radical (unpaired) electrons. The van der Waals surface area contributed by atoms with E-state index in [-0.39, 0.29) is 29.3 Å². The SMILES string of the molecule is COc1cc(-c2cnc3cc(C(C)(C)O)ccn23)cc(OC(F)F)c1C(=O)CC1CC1. The second-order valence-corrected chi connectivity index (χ2v) is 8.35. The molecule has 4 rings (SSSR count). The van der Waals surface area contributed by atoms with Gasteiger partial charge in [-0.1, -0.05) is 0 Å². The molecule has 0 unspecified atom stereocenters. The van der Waals surface area contributed by atoms with E-state index in [0.717, 1.165) is 12.8 Å². The van der Waals surface area contributed by atoms with Crippen LogP contribution in [0, 0.1) is 5.92 Å². The van der Waals surface area contributed by atoms with Gasteiger partial charge in [0.1, 0.15) is 22.7 Å². The summed E-state index contributed by atoms with van der Waals surface area (Å²) < 4.78 is 38.2. The summed E-state index contributed by atoms with van der Waals surface area (Å²) in [6.45, 7) is 0.279. The molecule has 1 aliphatic rings. The van der Waals surface area contributed by atoms with Crippen molar-refractivity contribution < 1.29 is 28.2 Å². The lowest BCUT2D eigenvalue weighted by atomic mass is 9.99. The zero-order valence-electron chi connectivity index (χ0n) is 17.6. The van der Waals surface area contributed by atoms with E-state index in [2.05, 4.69) is 4.98 Å². The molecule has 164 valence electrons. The van der Waals surface area contributed by atoms with Crippen molar-refractivity contribution in [3.8, 4) is 22.8 Å². The number of methoxy groups -OCH3 is 1. The molecule has 3 aromatic rings. The standard InChI is InChI=1S/C23H24F2N2O4/c1-23(2,29)15-6-7-27-16(12-26-20(27)11-15)14-9-18(30-3)21(17(28)8-13-4-5-13)19(10-14)31-22(24)25/h6-7,9-13,22,29H,4-5,8H2,1-3H3. The number of aliphatic hydroxyl groups is 1. The topological polar surface area (TPSA) is 73.1 Å². The molecule has 0 atom stereocenters. The predicted octanol–water partition coefficient (Wildman–Crippen LogP) is 4.82. The fourth-order valence-electron chi connectivity index (χ4n) is 3.62. The summed E-state index contributed by atoms with van der Waals surface area (Å²) in [5.41, 5.74) is 1.40. The Hall–Kier alpha value is -3.00. The van der Waals surface area contributed by atoms with Crippen LogP contribution in [0.1, 0.15) is 49.0 Å². The van der Waals surface area contributed by atoms with E-state index in [1.165, 1.54) is 13.2 Å². The fourth-order valence-corrected chi connectivity index (χ4v) is 3.62. The van der Waals surface area contributed by atoms with Crippen LogP contribution in [0.4, 0.5) is 8.78 Å². The number of carbonyl (C=O) groups excluding carboxylic acids is 1. The highest BCUT2D eigenvalue weighted by Gasteiger charge is 2.30. The first-order valence-corrected chi connectivity index (χ1v) is 10.1. The molecule has 8 heteroatoms. The van der Waals surface area contributed by atoms with Crippen molar-refractivity contribution in [3.05, 3.63) is 47.8 Å². The average molecular weight is 430 g/mol. The number of pyridine rings is 1. The van der Waals surface area contributed by atoms with Gasteiger partial charge in [-0.2, -0.15) is 8.78 Å². The summed E-state index contributed by atoms with van der Waals surface area (Å²) >= 11 is 0. The monoisotopic (exact) mass is 430 g/mol. The van der Waals surface area contributed by atoms with Crippen molar-refractivity contribution in [2.45, 2.75) is 45.3 Å². The van der Waals surface area contributed by atoms with Crippen LogP contribution in [-0.2, 0) is 5.60 Å². The number of aromatic nitrogens is 2. The molecular weight excluding hydrogens is 406 g/mol. The molecule has 2 heterocycles. The van der Waals surface area contributed by atoms with Crippen LogP contribution in [0.5, 0.6) is 11.5 Å². The summed E-state index contributed by atoms with van der Waals surface area (Å²) in [4.78, 5) is 17.1. The highest BCUT2D eigenvalue weighted by Crippen LogP contribution is 2.40. The number of benzene rings is 1. The van der Waals surface area contributed by atoms with Gasteiger partial charge < -0.3 is 14.6 Å². The Kier molecular flexibility index (Phi) is 5.43. The Morgan fingerprint density at radius 2 is 2.00 bits per heavy atom. The molecule has 1 fully saturated rings. The lowest BCUT2D eigenvalue weighted by Gasteiger charge is -2.18. The second-order valence-electron chi connectivity index (χ2n) is 8.35. The Morgan fingerprint density at radius 3 is 2.61 bits per heavy atom. The summed E-state index contributed by atoms with van der Waals surface area (Å²) in [7, 11) is 1.39. The minimum absolute atomic E-state index is 0.0385. The van der Waals surface area contributed by atoms with E-state index in [0.29, 0.717) is 28.4 Å². The number of hydrogen-bond donors (Lipinski definition) is 1. The number of ether oxygens (including phenoxy) is 2. The first-order valence-electron chi connectivity index (χ1n) is 10.1. The average Bonchev–Trinajstić information content (AvgIpc) is 3.40. The molecule has 0 saturated heterocycles. The van der Waals surface area contributed by atoms with Crippen molar-refractivity contribution in [1.82, 2.24) is 9.38 Å². The smallest absolute Gasteiger partial charge is 0.387 e. The van der Waals surface area contributed by atoms with Crippen LogP contribution in [0.25, 0.3) is 16.9 Å². The van der Waals surface area contributed by atoms with E-state index in [1.54, 1.807) is 48.8 Å². The lowest BCUT2D eigenvalue weighted by Crippen LogP contribution is -2.15. The maximum absolute atomic E-state index is 13.1. The number of halogens is 2. The maximum atomic E-state index is 13.1. The van der Waals surface area contributed by atoms with Crippen molar-refractivity contribution in [1.29, 1.82) is 0 Å². The predicted molar refractivity (Wildman–Crippen MR) is 111 cm³/mol. The van der Waals surface area contributed by atoms with Gasteiger partial charge >= 0.3 is 6.61 Å². The summed E-state index contributed by atoms with van der Waals surface area (Å²) in [5, 5.41) is 10.2. The number of rotatable bonds is 8. The highest BCUT2D eigenvalue weighted by molar-refractivity contribution is 6.02. The first-order chi connectivity index (χ1) is 14.7. The number of Topliss-reactive ketones (excluding diaryl/α,β-unsaturated/α-hetero) is 1. The van der Waals surface area contributed by atoms with Crippen molar-refractivity contribution >= 4 is 11.4 Å². The normalized spacial score (nSPS) is 14.3. The summed E-state index contributed by atoms with van der Waals surface area (Å²) in [6, 6.07) is 6.57. The van der Waals surface area contributed by atoms with E-state index < -0.39 is 12.2 Å². The summed E-state index contributed by atoms with van der Waals surface area (Å²) in [6.07, 6.45) is 5.55. The Balaban J connectivity index is 1.82. The van der Waals surface area contributed by atoms with Crippen LogP contribution in [-0.4, -0.2) is 34.0 Å². The zero-order chi connectivity index (χ0) is 22.3. The van der Waals surface area contributed by atoms with Crippen molar-refractivity contribution in [3.63, 3.8) is 0 Å². The van der Waals surface area contributed by atoms with Crippen LogP contribution < -0.4 is 9.47 Å². The number of carbonyl (C=O) groups is 1. The number of imidazole rings is 1. The molecule has 0 bridgehead atoms. The Bertz CT molecular complexity index is 1130. The quantitative estimate of drug-likeness (QED) is 0.519. The third kappa shape index (κ3) is 4.39. The van der Waals surface area contributed by atoms with Gasteiger partial charge in [0.15, 0.2) is 5.78 Å². The van der Waals surface area contributed by atoms with Gasteiger partial charge in [0.2, 0.25) is 0 Å². The molecule has 1 N–H and O–H groups in total. The molecule has 31 heavy (non-hydrogen) atoms. The minimum Gasteiger partial charge on any atom is -0.496 e. The van der Waals surface area contributed by atoms with Crippen LogP contribution in [0.15, 0.2) is 36.7 Å². The van der Waals surface area contributed by atoms with Gasteiger partial charge in [-0.3, -0.25) is 9.20 Å². The summed E-state index contributed by atoms with van der Waals surface area (Å²) in [5.74, 6) is -0.00513. The Morgan fingerprint density at radius 1 is 1.29 bits per heavy atom. The van der Waals surface area contributed by atoms with Crippen molar-refractivity contribution in [2.75, 3.05) is 7.11 Å². The molecule has 1 aliphatic carbocycles. The van der Waals surface area contributed by atoms with Crippen LogP contribution in [0.3, 0.4) is 0 Å². The van der Waals surface area contributed by atoms with Crippen LogP contribution in [0.2, 0.25) is 0 Å². The van der Waals surface area contributed by atoms with Gasteiger partial charge in [-0.15, -0.1) is 0 Å². The molecule has 2 aromatic heterocycles. The molecule has 6 nitrogen and oxygen atoms in total. The first kappa shape index (κ1) is 21.2. The number of nitrogens with zero attached hydrogens (tertiary/aromatic N) is 2. The number of fused-ring (bicyclic) bond motifs is 1. The van der Waals surface area contributed by atoms with Crippen LogP contribution >= 0.6 is 0 Å². The Labute approximate surface area is 178 Å². The number of hydrogen-bond acceptors (Lipinski definition) is 5. The van der Waals surface area contributed by atoms with Gasteiger partial charge in [-0.05, 0) is 62.4 Å². The maximum Gasteiger partial charge on any atom is 0.387 e. The zero-order valence-corrected chi connectivity index (χ0v) is 17.6. The van der Waals surface area contributed by atoms with E-state index >= 15 is 0 Å². The van der Waals surface area contributed by atoms with E-state index in [1.807, 2.05) is 0 Å². The van der Waals surface area contributed by atoms with Gasteiger partial charge in [0.25, 0.3) is 0 Å². The number of alkyl halides is 2.